The van der Waals surface area contributed by atoms with Crippen molar-refractivity contribution in [2.24, 2.45) is 0 Å². The maximum atomic E-state index is 11.8. The third-order valence-corrected chi connectivity index (χ3v) is 5.43. The summed E-state index contributed by atoms with van der Waals surface area (Å²) < 4.78 is 0. The first-order valence-corrected chi connectivity index (χ1v) is 10.9. The average molecular weight is 423 g/mol. The van der Waals surface area contributed by atoms with Crippen molar-refractivity contribution in [3.8, 4) is 11.5 Å². The van der Waals surface area contributed by atoms with E-state index < -0.39 is 5.97 Å². The lowest BCUT2D eigenvalue weighted by molar-refractivity contribution is 0.0692. The number of carboxylic acid groups (broad SMARTS) is 1. The highest BCUT2D eigenvalue weighted by Crippen LogP contribution is 2.35. The van der Waals surface area contributed by atoms with Crippen LogP contribution in [-0.4, -0.2) is 21.3 Å². The van der Waals surface area contributed by atoms with Crippen LogP contribution in [-0.2, 0) is 19.3 Å². The molecule has 0 aliphatic heterocycles. The number of hydrogen-bond acceptors (Lipinski definition) is 3. The normalized spacial score (nSPS) is 11.4. The summed E-state index contributed by atoms with van der Waals surface area (Å²) in [6, 6.07) is 11.6. The molecule has 0 amide bonds. The number of rotatable bonds is 11. The zero-order valence-corrected chi connectivity index (χ0v) is 18.8. The van der Waals surface area contributed by atoms with Crippen molar-refractivity contribution in [3.05, 3.63) is 82.0 Å². The molecule has 2 aromatic rings. The maximum Gasteiger partial charge on any atom is 0.339 e. The van der Waals surface area contributed by atoms with Crippen molar-refractivity contribution < 1.29 is 20.1 Å². The van der Waals surface area contributed by atoms with Crippen LogP contribution in [0.5, 0.6) is 11.5 Å². The molecule has 4 nitrogen and oxygen atoms in total. The van der Waals surface area contributed by atoms with Crippen LogP contribution >= 0.6 is 0 Å². The Labute approximate surface area is 185 Å². The van der Waals surface area contributed by atoms with Gasteiger partial charge in [0, 0.05) is 5.56 Å². The number of hydrogen-bond donors (Lipinski definition) is 3. The number of phenols is 2. The SMILES string of the molecule is CC(C)=CCCC(C)=CCc1c(O)cc(CCCCc2ccccc2)c(C(=O)O)c1O. The largest absolute Gasteiger partial charge is 0.508 e. The van der Waals surface area contributed by atoms with E-state index in [2.05, 4.69) is 32.1 Å². The van der Waals surface area contributed by atoms with Gasteiger partial charge in [-0.3, -0.25) is 0 Å². The van der Waals surface area contributed by atoms with Gasteiger partial charge in [0.05, 0.1) is 0 Å². The van der Waals surface area contributed by atoms with Gasteiger partial charge in [-0.15, -0.1) is 0 Å². The molecule has 0 aromatic heterocycles. The molecule has 2 aromatic carbocycles. The predicted molar refractivity (Wildman–Crippen MR) is 126 cm³/mol. The number of carboxylic acids is 1. The van der Waals surface area contributed by atoms with Crippen molar-refractivity contribution in [3.63, 3.8) is 0 Å². The molecule has 0 atom stereocenters. The Hall–Kier alpha value is -3.01. The molecule has 3 N–H and O–H groups in total. The van der Waals surface area contributed by atoms with Gasteiger partial charge in [0.1, 0.15) is 17.1 Å². The van der Waals surface area contributed by atoms with E-state index in [-0.39, 0.29) is 22.6 Å². The summed E-state index contributed by atoms with van der Waals surface area (Å²) in [5.74, 6) is -1.53. The smallest absolute Gasteiger partial charge is 0.339 e. The number of benzene rings is 2. The minimum atomic E-state index is -1.17. The van der Waals surface area contributed by atoms with E-state index in [1.165, 1.54) is 17.2 Å². The van der Waals surface area contributed by atoms with Gasteiger partial charge in [0.2, 0.25) is 0 Å². The number of aromatic hydroxyl groups is 2. The van der Waals surface area contributed by atoms with Crippen molar-refractivity contribution in [1.82, 2.24) is 0 Å². The molecular weight excluding hydrogens is 388 g/mol. The fourth-order valence-corrected chi connectivity index (χ4v) is 3.64. The molecule has 0 heterocycles. The molecule has 0 aliphatic rings. The molecular formula is C27H34O4. The predicted octanol–water partition coefficient (Wildman–Crippen LogP) is 6.60. The number of allylic oxidation sites excluding steroid dienone is 4. The van der Waals surface area contributed by atoms with E-state index in [9.17, 15) is 20.1 Å². The van der Waals surface area contributed by atoms with E-state index >= 15 is 0 Å². The van der Waals surface area contributed by atoms with Gasteiger partial charge < -0.3 is 15.3 Å². The maximum absolute atomic E-state index is 11.8. The topological polar surface area (TPSA) is 77.8 Å². The van der Waals surface area contributed by atoms with Gasteiger partial charge in [-0.1, -0.05) is 53.6 Å². The number of unbranched alkanes of at least 4 members (excludes halogenated alkanes) is 1. The summed E-state index contributed by atoms with van der Waals surface area (Å²) in [6.07, 6.45) is 9.32. The van der Waals surface area contributed by atoms with E-state index in [1.54, 1.807) is 0 Å². The van der Waals surface area contributed by atoms with E-state index in [0.29, 0.717) is 18.4 Å². The summed E-state index contributed by atoms with van der Waals surface area (Å²) in [7, 11) is 0. The molecule has 4 heteroatoms. The van der Waals surface area contributed by atoms with Gasteiger partial charge in [-0.05, 0) is 82.9 Å². The third-order valence-electron chi connectivity index (χ3n) is 5.43. The highest BCUT2D eigenvalue weighted by Gasteiger charge is 2.21. The Kier molecular flexibility index (Phi) is 9.39. The van der Waals surface area contributed by atoms with Gasteiger partial charge in [-0.25, -0.2) is 4.79 Å². The van der Waals surface area contributed by atoms with Crippen LogP contribution < -0.4 is 0 Å². The zero-order valence-electron chi connectivity index (χ0n) is 18.8. The fourth-order valence-electron chi connectivity index (χ4n) is 3.64. The molecule has 0 unspecified atom stereocenters. The summed E-state index contributed by atoms with van der Waals surface area (Å²) in [5.41, 5.74) is 4.30. The minimum Gasteiger partial charge on any atom is -0.508 e. The second-order valence-electron chi connectivity index (χ2n) is 8.33. The second-order valence-corrected chi connectivity index (χ2v) is 8.33. The Balaban J connectivity index is 2.09. The Morgan fingerprint density at radius 2 is 1.65 bits per heavy atom. The average Bonchev–Trinajstić information content (AvgIpc) is 2.71. The first-order valence-electron chi connectivity index (χ1n) is 10.9. The summed E-state index contributed by atoms with van der Waals surface area (Å²) in [6.45, 7) is 6.13. The number of aromatic carboxylic acids is 1. The highest BCUT2D eigenvalue weighted by molar-refractivity contribution is 5.93. The Morgan fingerprint density at radius 1 is 0.968 bits per heavy atom. The molecule has 0 radical (unpaired) electrons. The van der Waals surface area contributed by atoms with Crippen molar-refractivity contribution in [2.75, 3.05) is 0 Å². The molecule has 31 heavy (non-hydrogen) atoms. The monoisotopic (exact) mass is 422 g/mol. The van der Waals surface area contributed by atoms with Crippen LogP contribution in [0.25, 0.3) is 0 Å². The first-order chi connectivity index (χ1) is 14.8. The standard InChI is InChI=1S/C27H34O4/c1-19(2)10-9-11-20(3)16-17-23-24(28)18-22(25(26(23)29)27(30)31)15-8-7-14-21-12-5-4-6-13-21/h4-6,10,12-13,16,18,28-29H,7-9,11,14-15,17H2,1-3H3,(H,30,31). The second kappa shape index (κ2) is 12.0. The van der Waals surface area contributed by atoms with Crippen LogP contribution in [0.2, 0.25) is 0 Å². The lowest BCUT2D eigenvalue weighted by Crippen LogP contribution is -2.06. The summed E-state index contributed by atoms with van der Waals surface area (Å²) >= 11 is 0. The molecule has 0 saturated heterocycles. The summed E-state index contributed by atoms with van der Waals surface area (Å²) in [5, 5.41) is 30.8. The van der Waals surface area contributed by atoms with E-state index in [1.807, 2.05) is 31.2 Å². The quantitative estimate of drug-likeness (QED) is 0.282. The lowest BCUT2D eigenvalue weighted by atomic mass is 9.94. The van der Waals surface area contributed by atoms with Gasteiger partial charge in [0.25, 0.3) is 0 Å². The van der Waals surface area contributed by atoms with Crippen molar-refractivity contribution in [2.45, 2.75) is 65.7 Å². The number of phenolic OH excluding ortho intramolecular Hbond substituents is 1. The molecule has 166 valence electrons. The van der Waals surface area contributed by atoms with Crippen LogP contribution in [0, 0.1) is 0 Å². The third kappa shape index (κ3) is 7.63. The first kappa shape index (κ1) is 24.3. The minimum absolute atomic E-state index is 0.0473. The number of carbonyl (C=O) groups is 1. The van der Waals surface area contributed by atoms with Crippen LogP contribution in [0.1, 0.15) is 73.5 Å². The lowest BCUT2D eigenvalue weighted by Gasteiger charge is -2.14. The molecule has 0 fully saturated rings. The molecule has 0 saturated carbocycles. The fraction of sp³-hybridized carbons (Fsp3) is 0.370. The van der Waals surface area contributed by atoms with Gasteiger partial charge >= 0.3 is 5.97 Å². The molecule has 0 bridgehead atoms. The Bertz CT molecular complexity index is 935. The Morgan fingerprint density at radius 3 is 2.29 bits per heavy atom. The molecule has 2 rings (SSSR count). The summed E-state index contributed by atoms with van der Waals surface area (Å²) in [4.78, 5) is 11.8. The van der Waals surface area contributed by atoms with Crippen LogP contribution in [0.15, 0.2) is 59.7 Å². The van der Waals surface area contributed by atoms with Crippen molar-refractivity contribution in [1.29, 1.82) is 0 Å². The van der Waals surface area contributed by atoms with E-state index in [4.69, 9.17) is 0 Å². The molecule has 0 aliphatic carbocycles. The van der Waals surface area contributed by atoms with Crippen LogP contribution in [0.3, 0.4) is 0 Å². The highest BCUT2D eigenvalue weighted by atomic mass is 16.4. The van der Waals surface area contributed by atoms with Crippen molar-refractivity contribution >= 4 is 5.97 Å². The van der Waals surface area contributed by atoms with Gasteiger partial charge in [-0.2, -0.15) is 0 Å². The van der Waals surface area contributed by atoms with Crippen LogP contribution in [0.4, 0.5) is 0 Å². The zero-order chi connectivity index (χ0) is 22.8. The number of aryl methyl sites for hydroxylation is 2. The van der Waals surface area contributed by atoms with E-state index in [0.717, 1.165) is 37.7 Å². The van der Waals surface area contributed by atoms with Gasteiger partial charge in [0.15, 0.2) is 0 Å². The molecule has 0 spiro atoms.